The molecule has 0 spiro atoms. The average Bonchev–Trinajstić information content (AvgIpc) is 3.26. The van der Waals surface area contributed by atoms with Crippen LogP contribution in [-0.4, -0.2) is 46.1 Å². The second-order valence-corrected chi connectivity index (χ2v) is 7.58. The van der Waals surface area contributed by atoms with Crippen LogP contribution in [0.5, 0.6) is 5.75 Å². The molecule has 0 amide bonds. The van der Waals surface area contributed by atoms with E-state index in [1.165, 1.54) is 17.5 Å². The van der Waals surface area contributed by atoms with Crippen LogP contribution in [0, 0.1) is 0 Å². The molecule has 2 N–H and O–H groups in total. The number of anilines is 1. The predicted molar refractivity (Wildman–Crippen MR) is 83.9 cm³/mol. The summed E-state index contributed by atoms with van der Waals surface area (Å²) in [5.74, 6) is 0.277. The molecular formula is C13H19BrN2O4S. The van der Waals surface area contributed by atoms with Crippen LogP contribution in [0.2, 0.25) is 0 Å². The first-order valence-corrected chi connectivity index (χ1v) is 8.79. The molecule has 21 heavy (non-hydrogen) atoms. The van der Waals surface area contributed by atoms with Crippen LogP contribution < -0.4 is 10.5 Å². The number of nitrogens with zero attached hydrogens (tertiary/aromatic N) is 1. The van der Waals surface area contributed by atoms with Crippen LogP contribution in [0.3, 0.4) is 0 Å². The highest BCUT2D eigenvalue weighted by Crippen LogP contribution is 2.37. The molecule has 1 aliphatic carbocycles. The molecule has 1 fully saturated rings. The monoisotopic (exact) mass is 378 g/mol. The molecular weight excluding hydrogens is 360 g/mol. The lowest BCUT2D eigenvalue weighted by Gasteiger charge is -2.23. The standard InChI is InChI=1S/C13H19BrN2O4S/c1-19-6-5-16(9-3-4-9)21(17,18)13-8-11(15)10(14)7-12(13)20-2/h7-9H,3-6,15H2,1-2H3. The normalized spacial score (nSPS) is 15.4. The van der Waals surface area contributed by atoms with Gasteiger partial charge in [-0.05, 0) is 40.9 Å². The molecule has 1 aromatic rings. The highest BCUT2D eigenvalue weighted by molar-refractivity contribution is 9.10. The van der Waals surface area contributed by atoms with Gasteiger partial charge in [0.15, 0.2) is 0 Å². The van der Waals surface area contributed by atoms with E-state index < -0.39 is 10.0 Å². The fourth-order valence-electron chi connectivity index (χ4n) is 2.08. The zero-order valence-corrected chi connectivity index (χ0v) is 14.4. The number of benzene rings is 1. The van der Waals surface area contributed by atoms with Gasteiger partial charge in [0, 0.05) is 29.9 Å². The molecule has 0 saturated heterocycles. The summed E-state index contributed by atoms with van der Waals surface area (Å²) in [7, 11) is -0.675. The predicted octanol–water partition coefficient (Wildman–Crippen LogP) is 1.84. The number of hydrogen-bond donors (Lipinski definition) is 1. The van der Waals surface area contributed by atoms with Gasteiger partial charge in [0.25, 0.3) is 0 Å². The van der Waals surface area contributed by atoms with Gasteiger partial charge in [0.2, 0.25) is 10.0 Å². The molecule has 0 aromatic heterocycles. The van der Waals surface area contributed by atoms with Crippen molar-refractivity contribution in [1.29, 1.82) is 0 Å². The van der Waals surface area contributed by atoms with Crippen molar-refractivity contribution in [3.8, 4) is 5.75 Å². The Morgan fingerprint density at radius 2 is 2.05 bits per heavy atom. The van der Waals surface area contributed by atoms with Gasteiger partial charge in [-0.15, -0.1) is 0 Å². The van der Waals surface area contributed by atoms with Gasteiger partial charge in [-0.25, -0.2) is 8.42 Å². The Labute approximate surface area is 133 Å². The maximum absolute atomic E-state index is 12.9. The van der Waals surface area contributed by atoms with E-state index in [9.17, 15) is 8.42 Å². The highest BCUT2D eigenvalue weighted by atomic mass is 79.9. The van der Waals surface area contributed by atoms with Crippen molar-refractivity contribution in [2.24, 2.45) is 0 Å². The number of methoxy groups -OCH3 is 2. The molecule has 8 heteroatoms. The lowest BCUT2D eigenvalue weighted by molar-refractivity contribution is 0.177. The number of ether oxygens (including phenoxy) is 2. The van der Waals surface area contributed by atoms with E-state index in [4.69, 9.17) is 15.2 Å². The van der Waals surface area contributed by atoms with Crippen LogP contribution in [0.4, 0.5) is 5.69 Å². The lowest BCUT2D eigenvalue weighted by atomic mass is 10.3. The van der Waals surface area contributed by atoms with Crippen LogP contribution >= 0.6 is 15.9 Å². The number of hydrogen-bond acceptors (Lipinski definition) is 5. The van der Waals surface area contributed by atoms with Crippen molar-refractivity contribution in [1.82, 2.24) is 4.31 Å². The van der Waals surface area contributed by atoms with Gasteiger partial charge < -0.3 is 15.2 Å². The van der Waals surface area contributed by atoms with E-state index in [-0.39, 0.29) is 16.7 Å². The van der Waals surface area contributed by atoms with E-state index in [0.29, 0.717) is 23.3 Å². The van der Waals surface area contributed by atoms with Crippen LogP contribution in [0.25, 0.3) is 0 Å². The Balaban J connectivity index is 2.44. The Hall–Kier alpha value is -0.830. The summed E-state index contributed by atoms with van der Waals surface area (Å²) in [6, 6.07) is 3.05. The molecule has 1 saturated carbocycles. The zero-order valence-electron chi connectivity index (χ0n) is 12.0. The molecule has 1 aromatic carbocycles. The molecule has 6 nitrogen and oxygen atoms in total. The van der Waals surface area contributed by atoms with Gasteiger partial charge in [0.1, 0.15) is 10.6 Å². The molecule has 0 atom stereocenters. The average molecular weight is 379 g/mol. The highest BCUT2D eigenvalue weighted by Gasteiger charge is 2.39. The Bertz CT molecular complexity index is 617. The maximum Gasteiger partial charge on any atom is 0.247 e. The summed E-state index contributed by atoms with van der Waals surface area (Å²) >= 11 is 3.27. The summed E-state index contributed by atoms with van der Waals surface area (Å²) < 4.78 is 38.1. The number of sulfonamides is 1. The third-order valence-electron chi connectivity index (χ3n) is 3.34. The number of nitrogens with two attached hydrogens (primary N) is 1. The molecule has 1 aliphatic rings. The summed E-state index contributed by atoms with van der Waals surface area (Å²) in [5, 5.41) is 0. The minimum absolute atomic E-state index is 0.0414. The van der Waals surface area contributed by atoms with E-state index in [2.05, 4.69) is 15.9 Å². The fraction of sp³-hybridized carbons (Fsp3) is 0.538. The summed E-state index contributed by atoms with van der Waals surface area (Å²) in [4.78, 5) is 0.0914. The second-order valence-electron chi connectivity index (χ2n) is 4.86. The topological polar surface area (TPSA) is 81.9 Å². The minimum Gasteiger partial charge on any atom is -0.495 e. The van der Waals surface area contributed by atoms with Gasteiger partial charge in [-0.2, -0.15) is 4.31 Å². The first-order chi connectivity index (χ1) is 9.91. The SMILES string of the molecule is COCCN(C1CC1)S(=O)(=O)c1cc(N)c(Br)cc1OC. The molecule has 0 aliphatic heterocycles. The summed E-state index contributed by atoms with van der Waals surface area (Å²) in [6.07, 6.45) is 1.74. The largest absolute Gasteiger partial charge is 0.495 e. The van der Waals surface area contributed by atoms with Crippen molar-refractivity contribution >= 4 is 31.6 Å². The maximum atomic E-state index is 12.9. The van der Waals surface area contributed by atoms with Gasteiger partial charge in [0.05, 0.1) is 13.7 Å². The molecule has 2 rings (SSSR count). The van der Waals surface area contributed by atoms with Crippen molar-refractivity contribution in [2.45, 2.75) is 23.8 Å². The van der Waals surface area contributed by atoms with Crippen molar-refractivity contribution < 1.29 is 17.9 Å². The number of nitrogen functional groups attached to an aromatic ring is 1. The number of halogens is 1. The lowest BCUT2D eigenvalue weighted by Crippen LogP contribution is -2.36. The third-order valence-corrected chi connectivity index (χ3v) is 6.00. The Morgan fingerprint density at radius 1 is 1.38 bits per heavy atom. The molecule has 118 valence electrons. The fourth-order valence-corrected chi connectivity index (χ4v) is 4.25. The van der Waals surface area contributed by atoms with E-state index in [0.717, 1.165) is 12.8 Å². The van der Waals surface area contributed by atoms with Crippen molar-refractivity contribution in [3.05, 3.63) is 16.6 Å². The van der Waals surface area contributed by atoms with Crippen LogP contribution in [0.15, 0.2) is 21.5 Å². The quantitative estimate of drug-likeness (QED) is 0.731. The van der Waals surface area contributed by atoms with Crippen molar-refractivity contribution in [2.75, 3.05) is 33.1 Å². The summed E-state index contributed by atoms with van der Waals surface area (Å²) in [6.45, 7) is 0.673. The van der Waals surface area contributed by atoms with Gasteiger partial charge in [-0.3, -0.25) is 0 Å². The van der Waals surface area contributed by atoms with Crippen LogP contribution in [0.1, 0.15) is 12.8 Å². The molecule has 0 unspecified atom stereocenters. The molecule has 0 heterocycles. The van der Waals surface area contributed by atoms with Crippen LogP contribution in [-0.2, 0) is 14.8 Å². The zero-order chi connectivity index (χ0) is 15.6. The van der Waals surface area contributed by atoms with E-state index in [1.54, 1.807) is 13.2 Å². The molecule has 0 bridgehead atoms. The first-order valence-electron chi connectivity index (χ1n) is 6.55. The third kappa shape index (κ3) is 3.50. The van der Waals surface area contributed by atoms with Gasteiger partial charge >= 0.3 is 0 Å². The second kappa shape index (κ2) is 6.51. The van der Waals surface area contributed by atoms with E-state index >= 15 is 0 Å². The minimum atomic E-state index is -3.66. The summed E-state index contributed by atoms with van der Waals surface area (Å²) in [5.41, 5.74) is 6.18. The Kier molecular flexibility index (Phi) is 5.13. The Morgan fingerprint density at radius 3 is 2.57 bits per heavy atom. The smallest absolute Gasteiger partial charge is 0.247 e. The first kappa shape index (κ1) is 16.5. The van der Waals surface area contributed by atoms with Crippen molar-refractivity contribution in [3.63, 3.8) is 0 Å². The molecule has 0 radical (unpaired) electrons. The van der Waals surface area contributed by atoms with Gasteiger partial charge in [-0.1, -0.05) is 0 Å². The number of rotatable bonds is 7. The van der Waals surface area contributed by atoms with E-state index in [1.807, 2.05) is 0 Å².